The molecule has 4 aromatic rings. The van der Waals surface area contributed by atoms with E-state index in [1.165, 1.54) is 0 Å². The van der Waals surface area contributed by atoms with E-state index in [1.807, 2.05) is 37.3 Å². The van der Waals surface area contributed by atoms with E-state index in [1.54, 1.807) is 36.2 Å². The van der Waals surface area contributed by atoms with Gasteiger partial charge in [-0.1, -0.05) is 35.5 Å². The van der Waals surface area contributed by atoms with Crippen molar-refractivity contribution in [1.82, 2.24) is 19.9 Å². The number of hydrogen-bond acceptors (Lipinski definition) is 5. The van der Waals surface area contributed by atoms with Gasteiger partial charge in [-0.3, -0.25) is 9.59 Å². The molecule has 0 saturated carbocycles. The van der Waals surface area contributed by atoms with E-state index in [4.69, 9.17) is 4.42 Å². The Morgan fingerprint density at radius 2 is 1.93 bits per heavy atom. The van der Waals surface area contributed by atoms with Crippen LogP contribution >= 0.6 is 0 Å². The molecular weight excluding hydrogens is 344 g/mol. The zero-order valence-corrected chi connectivity index (χ0v) is 15.0. The van der Waals surface area contributed by atoms with Crippen molar-refractivity contribution in [2.24, 2.45) is 0 Å². The normalized spacial score (nSPS) is 12.4. The maximum Gasteiger partial charge on any atom is 0.278 e. The van der Waals surface area contributed by atoms with E-state index in [0.29, 0.717) is 16.7 Å². The maximum absolute atomic E-state index is 12.7. The van der Waals surface area contributed by atoms with Crippen molar-refractivity contribution >= 4 is 27.8 Å². The summed E-state index contributed by atoms with van der Waals surface area (Å²) < 4.78 is 6.93. The Morgan fingerprint density at radius 1 is 1.19 bits per heavy atom. The summed E-state index contributed by atoms with van der Waals surface area (Å²) in [5.74, 6) is 0.429. The lowest BCUT2D eigenvalue weighted by Crippen LogP contribution is -2.36. The molecule has 1 unspecified atom stereocenters. The molecule has 0 bridgehead atoms. The van der Waals surface area contributed by atoms with Gasteiger partial charge in [0, 0.05) is 12.4 Å². The van der Waals surface area contributed by atoms with Crippen LogP contribution in [-0.4, -0.2) is 32.8 Å². The number of amides is 1. The first-order valence-electron chi connectivity index (χ1n) is 8.61. The molecule has 0 saturated heterocycles. The molecule has 27 heavy (non-hydrogen) atoms. The second-order valence-electron chi connectivity index (χ2n) is 6.44. The van der Waals surface area contributed by atoms with Crippen LogP contribution in [0.15, 0.2) is 63.8 Å². The maximum atomic E-state index is 12.7. The lowest BCUT2D eigenvalue weighted by Gasteiger charge is -2.23. The molecule has 0 radical (unpaired) electrons. The molecule has 7 heteroatoms. The molecule has 2 aromatic heterocycles. The minimum absolute atomic E-state index is 0.183. The predicted molar refractivity (Wildman–Crippen MR) is 101 cm³/mol. The number of carbonyl (C=O) groups excluding carboxylic acids is 1. The average molecular weight is 362 g/mol. The fourth-order valence-corrected chi connectivity index (χ4v) is 2.98. The zero-order chi connectivity index (χ0) is 19.0. The molecule has 4 rings (SSSR count). The monoisotopic (exact) mass is 362 g/mol. The molecule has 2 heterocycles. The number of carbonyl (C=O) groups is 1. The van der Waals surface area contributed by atoms with Crippen LogP contribution in [0.3, 0.4) is 0 Å². The summed E-state index contributed by atoms with van der Waals surface area (Å²) in [6, 6.07) is 16.3. The third-order valence-corrected chi connectivity index (χ3v) is 4.75. The molecule has 1 atom stereocenters. The van der Waals surface area contributed by atoms with Gasteiger partial charge >= 0.3 is 0 Å². The summed E-state index contributed by atoms with van der Waals surface area (Å²) in [5, 5.41) is 9.31. The van der Waals surface area contributed by atoms with Crippen LogP contribution in [0.5, 0.6) is 0 Å². The fourth-order valence-electron chi connectivity index (χ4n) is 2.98. The van der Waals surface area contributed by atoms with Crippen molar-refractivity contribution < 1.29 is 9.21 Å². The fraction of sp³-hybridized carbons (Fsp3) is 0.200. The van der Waals surface area contributed by atoms with Crippen LogP contribution in [0.25, 0.3) is 21.9 Å². The number of para-hydroxylation sites is 1. The number of furan rings is 1. The third-order valence-electron chi connectivity index (χ3n) is 4.75. The summed E-state index contributed by atoms with van der Waals surface area (Å²) in [4.78, 5) is 26.7. The highest BCUT2D eigenvalue weighted by molar-refractivity contribution is 5.80. The van der Waals surface area contributed by atoms with Gasteiger partial charge in [-0.15, -0.1) is 5.10 Å². The smallest absolute Gasteiger partial charge is 0.278 e. The highest BCUT2D eigenvalue weighted by atomic mass is 16.3. The molecule has 136 valence electrons. The molecule has 0 aliphatic rings. The summed E-state index contributed by atoms with van der Waals surface area (Å²) in [5.41, 5.74) is 0.950. The van der Waals surface area contributed by atoms with Crippen molar-refractivity contribution in [3.63, 3.8) is 0 Å². The number of hydrogen-bond donors (Lipinski definition) is 0. The van der Waals surface area contributed by atoms with Gasteiger partial charge < -0.3 is 9.32 Å². The Bertz CT molecular complexity index is 1160. The van der Waals surface area contributed by atoms with Crippen LogP contribution < -0.4 is 5.56 Å². The Hall–Kier alpha value is -3.48. The minimum Gasteiger partial charge on any atom is -0.459 e. The molecule has 0 aliphatic carbocycles. The second-order valence-corrected chi connectivity index (χ2v) is 6.44. The molecule has 0 N–H and O–H groups in total. The summed E-state index contributed by atoms with van der Waals surface area (Å²) in [6.45, 7) is 1.70. The first-order chi connectivity index (χ1) is 13.0. The number of rotatable bonds is 4. The highest BCUT2D eigenvalue weighted by Gasteiger charge is 2.22. The van der Waals surface area contributed by atoms with Crippen LogP contribution in [0.1, 0.15) is 18.7 Å². The molecule has 1 amide bonds. The van der Waals surface area contributed by atoms with E-state index in [-0.39, 0.29) is 24.1 Å². The van der Waals surface area contributed by atoms with E-state index < -0.39 is 0 Å². The van der Waals surface area contributed by atoms with Gasteiger partial charge in [0.2, 0.25) is 5.91 Å². The van der Waals surface area contributed by atoms with Crippen LogP contribution in [0, 0.1) is 0 Å². The van der Waals surface area contributed by atoms with Gasteiger partial charge in [-0.2, -0.15) is 0 Å². The van der Waals surface area contributed by atoms with Gasteiger partial charge in [0.1, 0.15) is 23.4 Å². The lowest BCUT2D eigenvalue weighted by atomic mass is 10.2. The van der Waals surface area contributed by atoms with Gasteiger partial charge in [0.05, 0.1) is 11.4 Å². The second kappa shape index (κ2) is 6.68. The molecule has 7 nitrogen and oxygen atoms in total. The van der Waals surface area contributed by atoms with E-state index >= 15 is 0 Å². The van der Waals surface area contributed by atoms with Crippen LogP contribution in [0.2, 0.25) is 0 Å². The Balaban J connectivity index is 1.57. The predicted octanol–water partition coefficient (Wildman–Crippen LogP) is 2.76. The van der Waals surface area contributed by atoms with Crippen LogP contribution in [-0.2, 0) is 11.3 Å². The molecule has 0 fully saturated rings. The van der Waals surface area contributed by atoms with Gasteiger partial charge in [0.25, 0.3) is 5.56 Å². The van der Waals surface area contributed by atoms with Crippen molar-refractivity contribution in [1.29, 1.82) is 0 Å². The Kier molecular flexibility index (Phi) is 4.19. The van der Waals surface area contributed by atoms with Crippen molar-refractivity contribution in [2.45, 2.75) is 19.5 Å². The highest BCUT2D eigenvalue weighted by Crippen LogP contribution is 2.26. The molecule has 0 aliphatic heterocycles. The summed E-state index contributed by atoms with van der Waals surface area (Å²) >= 11 is 0. The number of aromatic nitrogens is 3. The lowest BCUT2D eigenvalue weighted by molar-refractivity contribution is -0.133. The standard InChI is InChI=1S/C20H18N4O3/c1-13(18-11-14-7-3-6-10-17(14)27-18)23(2)19(25)12-24-20(26)15-8-4-5-9-16(15)21-22-24/h3-11,13H,12H2,1-2H3. The van der Waals surface area contributed by atoms with E-state index in [9.17, 15) is 9.59 Å². The van der Waals surface area contributed by atoms with Gasteiger partial charge in [0.15, 0.2) is 0 Å². The van der Waals surface area contributed by atoms with Crippen LogP contribution in [0.4, 0.5) is 0 Å². The van der Waals surface area contributed by atoms with Crippen molar-refractivity contribution in [3.05, 3.63) is 70.7 Å². The van der Waals surface area contributed by atoms with Gasteiger partial charge in [-0.25, -0.2) is 4.68 Å². The van der Waals surface area contributed by atoms with E-state index in [0.717, 1.165) is 15.7 Å². The summed E-state index contributed by atoms with van der Waals surface area (Å²) in [6.07, 6.45) is 0. The molecule has 0 spiro atoms. The minimum atomic E-state index is -0.334. The largest absolute Gasteiger partial charge is 0.459 e. The number of likely N-dealkylation sites (N-methyl/N-ethyl adjacent to an activating group) is 1. The van der Waals surface area contributed by atoms with E-state index in [2.05, 4.69) is 10.3 Å². The Labute approximate surface area is 154 Å². The van der Waals surface area contributed by atoms with Crippen molar-refractivity contribution in [2.75, 3.05) is 7.05 Å². The first-order valence-corrected chi connectivity index (χ1v) is 8.61. The molecular formula is C20H18N4O3. The number of fused-ring (bicyclic) bond motifs is 2. The third kappa shape index (κ3) is 3.08. The Morgan fingerprint density at radius 3 is 2.74 bits per heavy atom. The number of benzene rings is 2. The summed E-state index contributed by atoms with van der Waals surface area (Å²) in [7, 11) is 1.68. The number of nitrogens with zero attached hydrogens (tertiary/aromatic N) is 4. The SMILES string of the molecule is CC(c1cc2ccccc2o1)N(C)C(=O)Cn1nnc2ccccc2c1=O. The topological polar surface area (TPSA) is 81.2 Å². The first kappa shape index (κ1) is 17.0. The van der Waals surface area contributed by atoms with Gasteiger partial charge in [-0.05, 0) is 31.2 Å². The van der Waals surface area contributed by atoms with Crippen molar-refractivity contribution in [3.8, 4) is 0 Å². The quantitative estimate of drug-likeness (QED) is 0.558. The average Bonchev–Trinajstić information content (AvgIpc) is 3.13. The molecule has 2 aromatic carbocycles. The zero-order valence-electron chi connectivity index (χ0n) is 15.0.